The zero-order chi connectivity index (χ0) is 55.6. The van der Waals surface area contributed by atoms with Gasteiger partial charge in [0, 0.05) is 61.9 Å². The van der Waals surface area contributed by atoms with E-state index in [1.54, 1.807) is 18.4 Å². The third-order valence-corrected chi connectivity index (χ3v) is 15.0. The van der Waals surface area contributed by atoms with Gasteiger partial charge >= 0.3 is 6.09 Å². The van der Waals surface area contributed by atoms with Crippen LogP contribution in [0, 0.1) is 27.7 Å². The van der Waals surface area contributed by atoms with Crippen molar-refractivity contribution in [1.82, 2.24) is 19.9 Å². The summed E-state index contributed by atoms with van der Waals surface area (Å²) in [5.41, 5.74) is 9.27. The van der Waals surface area contributed by atoms with Crippen molar-refractivity contribution >= 4 is 128 Å². The first-order valence-electron chi connectivity index (χ1n) is 23.9. The number of nitrogens with zero attached hydrogens (tertiary/aromatic N) is 5. The lowest BCUT2D eigenvalue weighted by molar-refractivity contribution is 0.0589. The number of hydrogen-bond acceptors (Lipinski definition) is 17. The number of aromatic nitrogens is 4. The summed E-state index contributed by atoms with van der Waals surface area (Å²) >= 11 is 6.14. The Hall–Kier alpha value is -8.29. The van der Waals surface area contributed by atoms with Crippen LogP contribution in [0.5, 0.6) is 34.5 Å². The summed E-state index contributed by atoms with van der Waals surface area (Å²) in [6.07, 6.45) is 15.0. The van der Waals surface area contributed by atoms with Crippen LogP contribution in [0.1, 0.15) is 63.1 Å². The molecule has 0 aliphatic heterocycles. The van der Waals surface area contributed by atoms with Crippen LogP contribution in [-0.4, -0.2) is 76.4 Å². The zero-order valence-corrected chi connectivity index (χ0v) is 47.0. The lowest BCUT2D eigenvalue weighted by Crippen LogP contribution is -2.34. The Balaban J connectivity index is 0.000000160. The maximum Gasteiger partial charge on any atom is 0.414 e. The summed E-state index contributed by atoms with van der Waals surface area (Å²) < 4.78 is 9.21. The van der Waals surface area contributed by atoms with Crippen LogP contribution in [0.25, 0.3) is 65.2 Å². The number of aryl methyl sites for hydroxylation is 4. The van der Waals surface area contributed by atoms with E-state index in [1.807, 2.05) is 132 Å². The topological polar surface area (TPSA) is 215 Å². The normalized spacial score (nSPS) is 11.6. The van der Waals surface area contributed by atoms with Crippen molar-refractivity contribution < 1.29 is 40.2 Å². The van der Waals surface area contributed by atoms with Crippen LogP contribution < -0.4 is 10.2 Å². The summed E-state index contributed by atoms with van der Waals surface area (Å²) in [6.45, 7) is 13.7. The minimum absolute atomic E-state index is 0.0915. The fraction of sp³-hybridized carbons (Fsp3) is 0.169. The molecule has 4 aromatic heterocycles. The number of phenolic OH excluding ortho intramolecular Hbond substituents is 6. The summed E-state index contributed by atoms with van der Waals surface area (Å²) in [6, 6.07) is 29.0. The minimum atomic E-state index is -0.537. The molecule has 0 aliphatic rings. The van der Waals surface area contributed by atoms with Crippen LogP contribution in [0.15, 0.2) is 121 Å². The number of phenols is 6. The molecule has 14 nitrogen and oxygen atoms in total. The first-order valence-corrected chi connectivity index (χ1v) is 27.2. The monoisotopic (exact) mass is 1110 g/mol. The molecule has 10 aromatic rings. The van der Waals surface area contributed by atoms with Crippen molar-refractivity contribution in [3.05, 3.63) is 164 Å². The number of fused-ring (bicyclic) bond motifs is 4. The number of anilines is 2. The van der Waals surface area contributed by atoms with Crippen molar-refractivity contribution in [2.24, 2.45) is 0 Å². The van der Waals surface area contributed by atoms with Crippen LogP contribution in [0.4, 0.5) is 16.2 Å². The number of thiazole rings is 4. The molecule has 6 aromatic carbocycles. The summed E-state index contributed by atoms with van der Waals surface area (Å²) in [5, 5.41) is 63.2. The third kappa shape index (κ3) is 15.6. The van der Waals surface area contributed by atoms with E-state index in [2.05, 4.69) is 58.2 Å². The van der Waals surface area contributed by atoms with E-state index in [0.29, 0.717) is 11.0 Å². The number of nitrogens with one attached hydrogen (secondary N) is 1. The molecule has 4 heterocycles. The van der Waals surface area contributed by atoms with Gasteiger partial charge in [0.15, 0.2) is 34.5 Å². The van der Waals surface area contributed by atoms with Gasteiger partial charge in [-0.25, -0.2) is 24.7 Å². The number of ether oxygens (including phenoxy) is 1. The van der Waals surface area contributed by atoms with E-state index in [4.69, 9.17) is 14.9 Å². The van der Waals surface area contributed by atoms with Gasteiger partial charge in [-0.05, 0) is 119 Å². The van der Waals surface area contributed by atoms with Gasteiger partial charge < -0.3 is 40.7 Å². The Morgan fingerprint density at radius 1 is 0.506 bits per heavy atom. The standard InChI is InChI=1S/C23H24N2O4S.C18H16N2O2S.C10H11NS.C8H7NO2S/c1-23(2,3)29-22(28)25(4)16-11-9-15(10-12-16)7-5-6-8-21-24-17-13-18(26)19(27)14-20(17)30-21;1-19-13-8-6-12(7-9-13)4-2-3-5-18-20-14-10-15(21)16(22)11-17(14)23-18;1-6-4-9-10(5-7(6)2)12-8(3)11-9;1-4-9-5-2-6(10)7(11)3-8(5)12-4/h5-14,26-27H,1-4H3;2-11,19,21-22H,1H3;4-5H,1-3H3;2-3,10-11H,1H3/b7-5+,8-6+;4-2+,5-3+;;. The summed E-state index contributed by atoms with van der Waals surface area (Å²) in [5.74, 6) is -0.810. The predicted molar refractivity (Wildman–Crippen MR) is 321 cm³/mol. The van der Waals surface area contributed by atoms with Gasteiger partial charge in [-0.1, -0.05) is 60.7 Å². The van der Waals surface area contributed by atoms with E-state index in [1.165, 1.54) is 91.1 Å². The first kappa shape index (κ1) is 56.4. The highest BCUT2D eigenvalue weighted by Gasteiger charge is 2.20. The average molecular weight is 1110 g/mol. The molecular weight excluding hydrogens is 1050 g/mol. The van der Waals surface area contributed by atoms with Gasteiger partial charge in [-0.15, -0.1) is 45.3 Å². The molecular formula is C59H58N6O8S4. The van der Waals surface area contributed by atoms with Gasteiger partial charge in [0.25, 0.3) is 0 Å². The Morgan fingerprint density at radius 3 is 1.31 bits per heavy atom. The number of benzene rings is 6. The van der Waals surface area contributed by atoms with E-state index < -0.39 is 11.7 Å². The number of carbonyl (C=O) groups excluding carboxylic acids is 1. The highest BCUT2D eigenvalue weighted by atomic mass is 32.1. The minimum Gasteiger partial charge on any atom is -0.504 e. The predicted octanol–water partition coefficient (Wildman–Crippen LogP) is 15.5. The maximum absolute atomic E-state index is 12.1. The summed E-state index contributed by atoms with van der Waals surface area (Å²) in [7, 11) is 3.57. The molecule has 0 saturated carbocycles. The van der Waals surface area contributed by atoms with Crippen LogP contribution >= 0.6 is 45.3 Å². The van der Waals surface area contributed by atoms with Gasteiger partial charge in [-0.3, -0.25) is 4.90 Å². The second kappa shape index (κ2) is 25.0. The Bertz CT molecular complexity index is 3570. The number of rotatable bonds is 8. The number of amides is 1. The molecule has 0 radical (unpaired) electrons. The molecule has 0 saturated heterocycles. The van der Waals surface area contributed by atoms with Crippen LogP contribution in [-0.2, 0) is 4.74 Å². The van der Waals surface area contributed by atoms with Crippen molar-refractivity contribution in [1.29, 1.82) is 0 Å². The first-order chi connectivity index (χ1) is 36.6. The quantitative estimate of drug-likeness (QED) is 0.0558. The Morgan fingerprint density at radius 2 is 0.870 bits per heavy atom. The molecule has 7 N–H and O–H groups in total. The average Bonchev–Trinajstić information content (AvgIpc) is 4.17. The van der Waals surface area contributed by atoms with Gasteiger partial charge in [0.1, 0.15) is 15.6 Å². The lowest BCUT2D eigenvalue weighted by atomic mass is 10.1. The van der Waals surface area contributed by atoms with Gasteiger partial charge in [0.05, 0.1) is 50.9 Å². The molecule has 0 unspecified atom stereocenters. The second-order valence-electron chi connectivity index (χ2n) is 18.3. The molecule has 0 aliphatic carbocycles. The van der Waals surface area contributed by atoms with E-state index in [0.717, 1.165) is 67.7 Å². The molecule has 77 heavy (non-hydrogen) atoms. The fourth-order valence-electron chi connectivity index (χ4n) is 7.06. The number of carbonyl (C=O) groups is 1. The molecule has 18 heteroatoms. The number of hydrogen-bond donors (Lipinski definition) is 7. The Kier molecular flexibility index (Phi) is 18.3. The van der Waals surface area contributed by atoms with Crippen molar-refractivity contribution in [2.75, 3.05) is 24.3 Å². The number of allylic oxidation sites excluding steroid dienone is 4. The smallest absolute Gasteiger partial charge is 0.414 e. The van der Waals surface area contributed by atoms with E-state index >= 15 is 0 Å². The van der Waals surface area contributed by atoms with Gasteiger partial charge in [-0.2, -0.15) is 0 Å². The second-order valence-corrected chi connectivity index (χ2v) is 22.9. The SMILES string of the molecule is CN(C(=O)OC(C)(C)C)c1ccc(/C=C/C=C/c2nc3cc(O)c(O)cc3s2)cc1.CNc1ccc(/C=C/C=C/c2nc3cc(O)c(O)cc3s2)cc1.Cc1nc2cc(C)c(C)cc2s1.Cc1nc2cc(O)c(O)cc2s1. The maximum atomic E-state index is 12.1. The van der Waals surface area contributed by atoms with Crippen molar-refractivity contribution in [3.8, 4) is 34.5 Å². The Labute approximate surface area is 461 Å². The molecule has 0 bridgehead atoms. The third-order valence-electron chi connectivity index (χ3n) is 11.1. The van der Waals surface area contributed by atoms with Crippen molar-refractivity contribution in [2.45, 2.75) is 54.1 Å². The van der Waals surface area contributed by atoms with Crippen molar-refractivity contribution in [3.63, 3.8) is 0 Å². The summed E-state index contributed by atoms with van der Waals surface area (Å²) in [4.78, 5) is 31.0. The van der Waals surface area contributed by atoms with E-state index in [-0.39, 0.29) is 34.5 Å². The van der Waals surface area contributed by atoms with Gasteiger partial charge in [0.2, 0.25) is 0 Å². The molecule has 0 atom stereocenters. The zero-order valence-electron chi connectivity index (χ0n) is 43.7. The van der Waals surface area contributed by atoms with Crippen LogP contribution in [0.2, 0.25) is 0 Å². The molecule has 10 rings (SSSR count). The molecule has 396 valence electrons. The number of aromatic hydroxyl groups is 6. The highest BCUT2D eigenvalue weighted by Crippen LogP contribution is 2.36. The molecule has 0 spiro atoms. The van der Waals surface area contributed by atoms with Crippen LogP contribution in [0.3, 0.4) is 0 Å². The van der Waals surface area contributed by atoms with E-state index in [9.17, 15) is 25.2 Å². The largest absolute Gasteiger partial charge is 0.504 e. The molecule has 1 amide bonds. The highest BCUT2D eigenvalue weighted by molar-refractivity contribution is 7.20. The fourth-order valence-corrected chi connectivity index (χ4v) is 10.6. The molecule has 0 fully saturated rings. The lowest BCUT2D eigenvalue weighted by Gasteiger charge is -2.24.